The predicted molar refractivity (Wildman–Crippen MR) is 148 cm³/mol. The number of benzene rings is 2. The normalized spacial score (nSPS) is 16.9. The van der Waals surface area contributed by atoms with Gasteiger partial charge >= 0.3 is 18.1 Å². The molecule has 13 heteroatoms. The number of hydrogen-bond acceptors (Lipinski definition) is 6. The summed E-state index contributed by atoms with van der Waals surface area (Å²) in [7, 11) is 3.96. The Morgan fingerprint density at radius 1 is 0.976 bits per heavy atom. The molecule has 0 saturated carbocycles. The van der Waals surface area contributed by atoms with E-state index >= 15 is 0 Å². The van der Waals surface area contributed by atoms with Gasteiger partial charge in [-0.05, 0) is 63.0 Å². The SMILES string of the molecule is CN(C)[C@H]1CCN(C(=O)Nc2cc(Oc3ccc(NC(=O)N4CCN(c5ccc(F)cc5)C4=O)cc3F)ccn2)C1. The van der Waals surface area contributed by atoms with Crippen LogP contribution in [-0.4, -0.2) is 84.1 Å². The van der Waals surface area contributed by atoms with Gasteiger partial charge < -0.3 is 19.9 Å². The van der Waals surface area contributed by atoms with E-state index in [0.29, 0.717) is 24.8 Å². The molecule has 6 amide bonds. The Morgan fingerprint density at radius 2 is 1.76 bits per heavy atom. The summed E-state index contributed by atoms with van der Waals surface area (Å²) in [5.74, 6) is -0.786. The Bertz CT molecular complexity index is 1450. The van der Waals surface area contributed by atoms with E-state index in [1.165, 1.54) is 59.6 Å². The average molecular weight is 566 g/mol. The van der Waals surface area contributed by atoms with Crippen molar-refractivity contribution in [1.29, 1.82) is 0 Å². The highest BCUT2D eigenvalue weighted by molar-refractivity contribution is 6.08. The van der Waals surface area contributed by atoms with Crippen LogP contribution >= 0.6 is 0 Å². The highest BCUT2D eigenvalue weighted by atomic mass is 19.1. The number of carbonyl (C=O) groups excluding carboxylic acids is 3. The minimum absolute atomic E-state index is 0.112. The molecule has 214 valence electrons. The number of urea groups is 3. The van der Waals surface area contributed by atoms with Gasteiger partial charge in [-0.15, -0.1) is 0 Å². The number of pyridine rings is 1. The minimum Gasteiger partial charge on any atom is -0.454 e. The van der Waals surface area contributed by atoms with Gasteiger partial charge in [0.25, 0.3) is 0 Å². The summed E-state index contributed by atoms with van der Waals surface area (Å²) in [5, 5.41) is 5.26. The molecule has 2 N–H and O–H groups in total. The summed E-state index contributed by atoms with van der Waals surface area (Å²) in [6.45, 7) is 1.60. The first-order valence-corrected chi connectivity index (χ1v) is 13.0. The maximum atomic E-state index is 14.9. The van der Waals surface area contributed by atoms with Crippen LogP contribution in [-0.2, 0) is 0 Å². The second kappa shape index (κ2) is 11.8. The molecule has 1 atom stereocenters. The molecule has 2 aliphatic rings. The lowest BCUT2D eigenvalue weighted by molar-refractivity contribution is 0.209. The number of aromatic nitrogens is 1. The molecule has 0 unspecified atom stereocenters. The van der Waals surface area contributed by atoms with Gasteiger partial charge in [-0.1, -0.05) is 0 Å². The number of anilines is 3. The van der Waals surface area contributed by atoms with Crippen molar-refractivity contribution >= 4 is 35.3 Å². The number of hydrogen-bond donors (Lipinski definition) is 2. The molecule has 1 aromatic heterocycles. The first-order chi connectivity index (χ1) is 19.7. The van der Waals surface area contributed by atoms with E-state index in [9.17, 15) is 23.2 Å². The lowest BCUT2D eigenvalue weighted by Crippen LogP contribution is -2.39. The third kappa shape index (κ3) is 6.35. The van der Waals surface area contributed by atoms with Gasteiger partial charge in [-0.25, -0.2) is 33.0 Å². The first-order valence-electron chi connectivity index (χ1n) is 13.0. The smallest absolute Gasteiger partial charge is 0.332 e. The molecule has 5 rings (SSSR count). The molecule has 2 saturated heterocycles. The summed E-state index contributed by atoms with van der Waals surface area (Å²) in [4.78, 5) is 48.4. The summed E-state index contributed by atoms with van der Waals surface area (Å²) in [5.41, 5.74) is 0.587. The molecule has 0 aliphatic carbocycles. The fourth-order valence-electron chi connectivity index (χ4n) is 4.64. The van der Waals surface area contributed by atoms with E-state index in [1.807, 2.05) is 14.1 Å². The Balaban J connectivity index is 1.18. The van der Waals surface area contributed by atoms with Gasteiger partial charge in [0.15, 0.2) is 11.6 Å². The fraction of sp³-hybridized carbons (Fsp3) is 0.286. The van der Waals surface area contributed by atoms with Crippen molar-refractivity contribution < 1.29 is 27.9 Å². The lowest BCUT2D eigenvalue weighted by Gasteiger charge is -2.20. The quantitative estimate of drug-likeness (QED) is 0.445. The summed E-state index contributed by atoms with van der Waals surface area (Å²) in [6, 6.07) is 11.0. The van der Waals surface area contributed by atoms with Crippen molar-refractivity contribution in [2.45, 2.75) is 12.5 Å². The monoisotopic (exact) mass is 565 g/mol. The van der Waals surface area contributed by atoms with Crippen molar-refractivity contribution in [1.82, 2.24) is 19.7 Å². The Kier molecular flexibility index (Phi) is 7.97. The van der Waals surface area contributed by atoms with Crippen molar-refractivity contribution in [2.24, 2.45) is 0 Å². The molecule has 0 radical (unpaired) electrons. The van der Waals surface area contributed by atoms with Crippen LogP contribution in [0.1, 0.15) is 6.42 Å². The summed E-state index contributed by atoms with van der Waals surface area (Å²) < 4.78 is 33.7. The van der Waals surface area contributed by atoms with Gasteiger partial charge in [0.2, 0.25) is 0 Å². The number of carbonyl (C=O) groups is 3. The zero-order valence-corrected chi connectivity index (χ0v) is 22.5. The second-order valence-electron chi connectivity index (χ2n) is 9.90. The Morgan fingerprint density at radius 3 is 2.46 bits per heavy atom. The van der Waals surface area contributed by atoms with Crippen molar-refractivity contribution in [2.75, 3.05) is 55.8 Å². The molecule has 0 bridgehead atoms. The zero-order chi connectivity index (χ0) is 29.1. The fourth-order valence-corrected chi connectivity index (χ4v) is 4.64. The van der Waals surface area contributed by atoms with Gasteiger partial charge in [-0.3, -0.25) is 10.2 Å². The van der Waals surface area contributed by atoms with E-state index in [2.05, 4.69) is 20.5 Å². The largest absolute Gasteiger partial charge is 0.454 e. The van der Waals surface area contributed by atoms with Gasteiger partial charge in [0.05, 0.1) is 6.54 Å². The van der Waals surface area contributed by atoms with E-state index in [-0.39, 0.29) is 42.1 Å². The van der Waals surface area contributed by atoms with Crippen LogP contribution in [0.4, 0.5) is 40.4 Å². The van der Waals surface area contributed by atoms with E-state index in [1.54, 1.807) is 4.90 Å². The average Bonchev–Trinajstić information content (AvgIpc) is 3.59. The number of imide groups is 1. The van der Waals surface area contributed by atoms with Crippen LogP contribution in [0.25, 0.3) is 0 Å². The third-order valence-corrected chi connectivity index (χ3v) is 6.95. The van der Waals surface area contributed by atoms with Gasteiger partial charge in [0, 0.05) is 55.4 Å². The van der Waals surface area contributed by atoms with Crippen molar-refractivity contribution in [3.8, 4) is 11.5 Å². The van der Waals surface area contributed by atoms with E-state index in [0.717, 1.165) is 17.4 Å². The Labute approximate surface area is 235 Å². The van der Waals surface area contributed by atoms with Crippen LogP contribution in [0.15, 0.2) is 60.8 Å². The lowest BCUT2D eigenvalue weighted by atomic mass is 10.2. The number of likely N-dealkylation sites (tertiary alicyclic amines) is 1. The summed E-state index contributed by atoms with van der Waals surface area (Å²) >= 11 is 0. The van der Waals surface area contributed by atoms with Crippen LogP contribution < -0.4 is 20.3 Å². The minimum atomic E-state index is -0.752. The second-order valence-corrected chi connectivity index (χ2v) is 9.90. The van der Waals surface area contributed by atoms with E-state index < -0.39 is 23.7 Å². The molecule has 3 heterocycles. The number of ether oxygens (including phenoxy) is 1. The number of nitrogens with one attached hydrogen (secondary N) is 2. The maximum absolute atomic E-state index is 14.9. The van der Waals surface area contributed by atoms with Crippen molar-refractivity contribution in [3.63, 3.8) is 0 Å². The van der Waals surface area contributed by atoms with Crippen LogP contribution in [0.2, 0.25) is 0 Å². The number of amides is 6. The highest BCUT2D eigenvalue weighted by Gasteiger charge is 2.34. The van der Waals surface area contributed by atoms with Crippen LogP contribution in [0, 0.1) is 11.6 Å². The number of likely N-dealkylation sites (N-methyl/N-ethyl adjacent to an activating group) is 1. The number of halogens is 2. The molecule has 2 aromatic carbocycles. The van der Waals surface area contributed by atoms with Crippen LogP contribution in [0.3, 0.4) is 0 Å². The molecular formula is C28H29F2N7O4. The first kappa shape index (κ1) is 27.8. The molecule has 3 aromatic rings. The van der Waals surface area contributed by atoms with Gasteiger partial charge in [0.1, 0.15) is 17.4 Å². The number of nitrogens with zero attached hydrogens (tertiary/aromatic N) is 5. The van der Waals surface area contributed by atoms with E-state index in [4.69, 9.17) is 4.74 Å². The summed E-state index contributed by atoms with van der Waals surface area (Å²) in [6.07, 6.45) is 2.32. The molecule has 2 aliphatic heterocycles. The molecular weight excluding hydrogens is 536 g/mol. The molecule has 0 spiro atoms. The highest BCUT2D eigenvalue weighted by Crippen LogP contribution is 2.28. The van der Waals surface area contributed by atoms with Crippen LogP contribution in [0.5, 0.6) is 11.5 Å². The standard InChI is InChI=1S/C28H29F2N7O4/c1-34(2)21-10-12-35(17-21)26(38)33-25-16-22(9-11-31-25)41-24-8-5-19(15-23(24)30)32-27(39)37-14-13-36(28(37)40)20-6-3-18(29)4-7-20/h3-9,11,15-16,21H,10,12-14,17H2,1-2H3,(H,32,39)(H,31,33,38)/t21-/m0/s1. The molecule has 11 nitrogen and oxygen atoms in total. The Hall–Kier alpha value is -4.78. The van der Waals surface area contributed by atoms with Gasteiger partial charge in [-0.2, -0.15) is 0 Å². The number of rotatable bonds is 6. The van der Waals surface area contributed by atoms with Crippen molar-refractivity contribution in [3.05, 3.63) is 72.4 Å². The third-order valence-electron chi connectivity index (χ3n) is 6.95. The maximum Gasteiger partial charge on any atom is 0.332 e. The predicted octanol–water partition coefficient (Wildman–Crippen LogP) is 4.79. The topological polar surface area (TPSA) is 110 Å². The zero-order valence-electron chi connectivity index (χ0n) is 22.5. The molecule has 41 heavy (non-hydrogen) atoms. The molecule has 2 fully saturated rings.